The number of anilines is 1. The van der Waals surface area contributed by atoms with E-state index in [1.807, 2.05) is 19.9 Å². The number of nitrogens with one attached hydrogen (secondary N) is 2. The van der Waals surface area contributed by atoms with Crippen LogP contribution in [0.15, 0.2) is 18.2 Å². The molecule has 1 heterocycles. The third-order valence-electron chi connectivity index (χ3n) is 5.64. The van der Waals surface area contributed by atoms with Crippen LogP contribution in [-0.2, 0) is 14.8 Å². The van der Waals surface area contributed by atoms with Crippen LogP contribution in [0.3, 0.4) is 0 Å². The molecule has 160 valence electrons. The number of unbranched alkanes of at least 4 members (excludes halogenated alkanes) is 1. The lowest BCUT2D eigenvalue weighted by Crippen LogP contribution is -2.42. The smallest absolute Gasteiger partial charge is 0.251 e. The zero-order chi connectivity index (χ0) is 21.0. The van der Waals surface area contributed by atoms with Crippen LogP contribution in [0, 0.1) is 12.8 Å². The molecule has 0 bridgehead atoms. The summed E-state index contributed by atoms with van der Waals surface area (Å²) in [5.74, 6) is -0.280. The Hall–Kier alpha value is -1.93. The minimum atomic E-state index is -3.22. The molecule has 1 aliphatic carbocycles. The first-order valence-electron chi connectivity index (χ1n) is 10.5. The molecule has 0 radical (unpaired) electrons. The van der Waals surface area contributed by atoms with Gasteiger partial charge in [-0.25, -0.2) is 12.7 Å². The average Bonchev–Trinajstić information content (AvgIpc) is 3.52. The van der Waals surface area contributed by atoms with Gasteiger partial charge in [-0.05, 0) is 56.7 Å². The summed E-state index contributed by atoms with van der Waals surface area (Å²) in [4.78, 5) is 25.0. The number of benzene rings is 1. The van der Waals surface area contributed by atoms with Crippen molar-refractivity contribution >= 4 is 27.5 Å². The maximum absolute atomic E-state index is 12.7. The van der Waals surface area contributed by atoms with Crippen molar-refractivity contribution in [2.75, 3.05) is 24.2 Å². The largest absolute Gasteiger partial charge is 0.349 e. The average molecular weight is 422 g/mol. The molecular weight excluding hydrogens is 390 g/mol. The van der Waals surface area contributed by atoms with Crippen molar-refractivity contribution in [2.45, 2.75) is 58.4 Å². The maximum Gasteiger partial charge on any atom is 0.251 e. The van der Waals surface area contributed by atoms with Crippen molar-refractivity contribution in [1.82, 2.24) is 9.62 Å². The number of rotatable bonds is 8. The molecule has 29 heavy (non-hydrogen) atoms. The van der Waals surface area contributed by atoms with Crippen molar-refractivity contribution in [1.29, 1.82) is 0 Å². The fourth-order valence-corrected chi connectivity index (χ4v) is 5.16. The molecule has 2 N–H and O–H groups in total. The first-order valence-corrected chi connectivity index (χ1v) is 12.1. The normalized spacial score (nSPS) is 18.4. The zero-order valence-electron chi connectivity index (χ0n) is 17.2. The van der Waals surface area contributed by atoms with Gasteiger partial charge < -0.3 is 10.6 Å². The van der Waals surface area contributed by atoms with Gasteiger partial charge in [-0.2, -0.15) is 0 Å². The van der Waals surface area contributed by atoms with Crippen LogP contribution in [0.2, 0.25) is 0 Å². The van der Waals surface area contributed by atoms with Crippen molar-refractivity contribution in [3.8, 4) is 0 Å². The van der Waals surface area contributed by atoms with Crippen molar-refractivity contribution in [3.63, 3.8) is 0 Å². The van der Waals surface area contributed by atoms with E-state index in [2.05, 4.69) is 10.6 Å². The zero-order valence-corrected chi connectivity index (χ0v) is 18.1. The summed E-state index contributed by atoms with van der Waals surface area (Å²) in [5.41, 5.74) is 2.06. The summed E-state index contributed by atoms with van der Waals surface area (Å²) in [6.07, 6.45) is 4.57. The molecule has 2 amide bonds. The highest BCUT2D eigenvalue weighted by atomic mass is 32.2. The number of carbonyl (C=O) groups is 2. The molecule has 8 heteroatoms. The number of carbonyl (C=O) groups excluding carboxylic acids is 2. The van der Waals surface area contributed by atoms with Gasteiger partial charge in [-0.3, -0.25) is 9.59 Å². The van der Waals surface area contributed by atoms with Crippen molar-refractivity contribution in [2.24, 2.45) is 5.92 Å². The Labute approximate surface area is 173 Å². The third kappa shape index (κ3) is 5.79. The number of sulfonamides is 1. The van der Waals surface area contributed by atoms with E-state index in [1.54, 1.807) is 12.1 Å². The monoisotopic (exact) mass is 421 g/mol. The second kappa shape index (κ2) is 9.26. The van der Waals surface area contributed by atoms with E-state index < -0.39 is 10.0 Å². The highest BCUT2D eigenvalue weighted by Crippen LogP contribution is 2.25. The Kier molecular flexibility index (Phi) is 6.95. The maximum atomic E-state index is 12.7. The Balaban J connectivity index is 1.57. The van der Waals surface area contributed by atoms with E-state index in [9.17, 15) is 18.0 Å². The minimum absolute atomic E-state index is 0.113. The molecule has 1 saturated heterocycles. The predicted molar refractivity (Wildman–Crippen MR) is 113 cm³/mol. The third-order valence-corrected chi connectivity index (χ3v) is 7.60. The minimum Gasteiger partial charge on any atom is -0.349 e. The summed E-state index contributed by atoms with van der Waals surface area (Å²) in [6.45, 7) is 4.62. The van der Waals surface area contributed by atoms with Gasteiger partial charge in [0.15, 0.2) is 0 Å². The van der Waals surface area contributed by atoms with Gasteiger partial charge in [0.05, 0.1) is 5.75 Å². The van der Waals surface area contributed by atoms with Crippen LogP contribution in [0.5, 0.6) is 0 Å². The Bertz CT molecular complexity index is 857. The van der Waals surface area contributed by atoms with Crippen LogP contribution in [0.25, 0.3) is 0 Å². The van der Waals surface area contributed by atoms with Gasteiger partial charge in [-0.1, -0.05) is 19.4 Å². The summed E-state index contributed by atoms with van der Waals surface area (Å²) < 4.78 is 26.2. The Morgan fingerprint density at radius 2 is 1.83 bits per heavy atom. The van der Waals surface area contributed by atoms with Gasteiger partial charge in [0.2, 0.25) is 15.9 Å². The second-order valence-electron chi connectivity index (χ2n) is 8.11. The first-order chi connectivity index (χ1) is 13.8. The van der Waals surface area contributed by atoms with Crippen molar-refractivity contribution in [3.05, 3.63) is 29.3 Å². The molecule has 0 atom stereocenters. The molecule has 1 aliphatic heterocycles. The predicted octanol–water partition coefficient (Wildman–Crippen LogP) is 2.67. The van der Waals surface area contributed by atoms with Crippen LogP contribution < -0.4 is 10.6 Å². The highest BCUT2D eigenvalue weighted by Gasteiger charge is 2.31. The van der Waals surface area contributed by atoms with Gasteiger partial charge in [-0.15, -0.1) is 0 Å². The van der Waals surface area contributed by atoms with E-state index in [0.717, 1.165) is 24.8 Å². The van der Waals surface area contributed by atoms with Gasteiger partial charge >= 0.3 is 0 Å². The van der Waals surface area contributed by atoms with Crippen molar-refractivity contribution < 1.29 is 18.0 Å². The lowest BCUT2D eigenvalue weighted by atomic mass is 9.97. The van der Waals surface area contributed by atoms with E-state index in [0.29, 0.717) is 43.6 Å². The van der Waals surface area contributed by atoms with Crippen LogP contribution in [0.1, 0.15) is 61.4 Å². The number of amides is 2. The molecule has 1 aromatic rings. The topological polar surface area (TPSA) is 95.6 Å². The van der Waals surface area contributed by atoms with E-state index in [1.165, 1.54) is 4.31 Å². The fourth-order valence-electron chi connectivity index (χ4n) is 3.48. The lowest BCUT2D eigenvalue weighted by Gasteiger charge is -2.30. The summed E-state index contributed by atoms with van der Waals surface area (Å²) >= 11 is 0. The molecule has 0 spiro atoms. The standard InChI is InChI=1S/C21H31N3O4S/c1-3-4-13-29(27,28)24-11-9-16(10-12-24)20(25)23-19-14-17(6-5-15(19)2)21(26)22-18-7-8-18/h5-6,14,16,18H,3-4,7-13H2,1-2H3,(H,22,26)(H,23,25). The Morgan fingerprint density at radius 1 is 1.14 bits per heavy atom. The summed E-state index contributed by atoms with van der Waals surface area (Å²) in [6, 6.07) is 5.60. The highest BCUT2D eigenvalue weighted by molar-refractivity contribution is 7.89. The molecule has 3 rings (SSSR count). The molecule has 0 aromatic heterocycles. The number of aryl methyl sites for hydroxylation is 1. The Morgan fingerprint density at radius 3 is 2.45 bits per heavy atom. The molecule has 0 unspecified atom stereocenters. The summed E-state index contributed by atoms with van der Waals surface area (Å²) in [7, 11) is -3.22. The van der Waals surface area contributed by atoms with E-state index >= 15 is 0 Å². The number of hydrogen-bond donors (Lipinski definition) is 2. The summed E-state index contributed by atoms with van der Waals surface area (Å²) in [5, 5.41) is 5.90. The number of piperidine rings is 1. The molecule has 1 aromatic carbocycles. The van der Waals surface area contributed by atoms with Crippen LogP contribution in [0.4, 0.5) is 5.69 Å². The molecular formula is C21H31N3O4S. The van der Waals surface area contributed by atoms with Crippen LogP contribution >= 0.6 is 0 Å². The number of nitrogens with zero attached hydrogens (tertiary/aromatic N) is 1. The molecule has 2 fully saturated rings. The molecule has 2 aliphatic rings. The molecule has 7 nitrogen and oxygen atoms in total. The van der Waals surface area contributed by atoms with E-state index in [4.69, 9.17) is 0 Å². The second-order valence-corrected chi connectivity index (χ2v) is 10.2. The SMILES string of the molecule is CCCCS(=O)(=O)N1CCC(C(=O)Nc2cc(C(=O)NC3CC3)ccc2C)CC1. The fraction of sp³-hybridized carbons (Fsp3) is 0.619. The van der Waals surface area contributed by atoms with E-state index in [-0.39, 0.29) is 29.5 Å². The molecule has 1 saturated carbocycles. The van der Waals surface area contributed by atoms with Crippen LogP contribution in [-0.4, -0.2) is 49.4 Å². The first kappa shape index (κ1) is 21.8. The lowest BCUT2D eigenvalue weighted by molar-refractivity contribution is -0.120. The van der Waals surface area contributed by atoms with Gasteiger partial charge in [0.1, 0.15) is 0 Å². The number of hydrogen-bond acceptors (Lipinski definition) is 4. The van der Waals surface area contributed by atoms with Gasteiger partial charge in [0.25, 0.3) is 5.91 Å². The van der Waals surface area contributed by atoms with Gasteiger partial charge in [0, 0.05) is 36.3 Å². The quantitative estimate of drug-likeness (QED) is 0.675.